The summed E-state index contributed by atoms with van der Waals surface area (Å²) in [7, 11) is 0. The molecule has 9 aromatic rings. The van der Waals surface area contributed by atoms with Crippen LogP contribution in [0.25, 0.3) is 33.4 Å². The number of allylic oxidation sites excluding steroid dienone is 2. The second kappa shape index (κ2) is 14.8. The topological polar surface area (TPSA) is 6.48 Å². The molecule has 4 aliphatic rings. The Balaban J connectivity index is 0.962. The zero-order chi connectivity index (χ0) is 44.0. The Kier molecular flexibility index (Phi) is 8.64. The first-order valence-electron chi connectivity index (χ1n) is 23.3. The van der Waals surface area contributed by atoms with E-state index in [1.54, 1.807) is 0 Å². The maximum absolute atomic E-state index is 2.50. The van der Waals surface area contributed by atoms with Crippen LogP contribution in [0, 0.1) is 0 Å². The van der Waals surface area contributed by atoms with E-state index < -0.39 is 5.41 Å². The van der Waals surface area contributed by atoms with Crippen molar-refractivity contribution in [2.45, 2.75) is 36.6 Å². The highest BCUT2D eigenvalue weighted by atomic mass is 15.2. The number of nitrogens with zero attached hydrogens (tertiary/aromatic N) is 2. The van der Waals surface area contributed by atoms with Crippen LogP contribution in [0.5, 0.6) is 0 Å². The number of hydrogen-bond donors (Lipinski definition) is 0. The summed E-state index contributed by atoms with van der Waals surface area (Å²) in [6.45, 7) is 4.72. The van der Waals surface area contributed by atoms with Crippen molar-refractivity contribution >= 4 is 28.4 Å². The predicted octanol–water partition coefficient (Wildman–Crippen LogP) is 16.2. The van der Waals surface area contributed by atoms with E-state index >= 15 is 0 Å². The summed E-state index contributed by atoms with van der Waals surface area (Å²) >= 11 is 0. The molecule has 0 spiro atoms. The molecule has 0 N–H and O–H groups in total. The van der Waals surface area contributed by atoms with Crippen LogP contribution in [0.15, 0.2) is 243 Å². The molecule has 2 atom stereocenters. The molecule has 0 fully saturated rings. The van der Waals surface area contributed by atoms with Crippen LogP contribution < -0.4 is 9.80 Å². The second-order valence-electron chi connectivity index (χ2n) is 18.8. The van der Waals surface area contributed by atoms with Gasteiger partial charge < -0.3 is 9.80 Å². The fourth-order valence-corrected chi connectivity index (χ4v) is 12.1. The van der Waals surface area contributed by atoms with Crippen LogP contribution in [0.1, 0.15) is 58.7 Å². The molecular formula is C64H48N2. The van der Waals surface area contributed by atoms with Crippen molar-refractivity contribution in [1.29, 1.82) is 0 Å². The highest BCUT2D eigenvalue weighted by Crippen LogP contribution is 2.58. The molecule has 2 nitrogen and oxygen atoms in total. The molecule has 0 saturated heterocycles. The van der Waals surface area contributed by atoms with E-state index in [-0.39, 0.29) is 11.5 Å². The summed E-state index contributed by atoms with van der Waals surface area (Å²) in [5, 5.41) is 0. The molecule has 0 amide bonds. The van der Waals surface area contributed by atoms with Gasteiger partial charge in [-0.25, -0.2) is 0 Å². The van der Waals surface area contributed by atoms with Gasteiger partial charge in [0.2, 0.25) is 0 Å². The smallest absolute Gasteiger partial charge is 0.0713 e. The summed E-state index contributed by atoms with van der Waals surface area (Å²) in [5.41, 5.74) is 22.2. The molecule has 0 radical (unpaired) electrons. The second-order valence-corrected chi connectivity index (χ2v) is 18.8. The fraction of sp³-hybridized carbons (Fsp3) is 0.0938. The van der Waals surface area contributed by atoms with E-state index in [0.29, 0.717) is 5.92 Å². The summed E-state index contributed by atoms with van der Waals surface area (Å²) in [6, 6.07) is 81.9. The maximum Gasteiger partial charge on any atom is 0.0713 e. The SMILES string of the molecule is CC1(C)c2ccccc2-c2cc(N(c3ccc(-c4ccc5c(c4)C4C=CC=CC4N5c4ccccc4)cc3)c3ccc4c(c3)-c3ccccc3C4(c3ccccc3)c3ccccc3)ccc21. The van der Waals surface area contributed by atoms with Gasteiger partial charge in [0.15, 0.2) is 0 Å². The third-order valence-corrected chi connectivity index (χ3v) is 15.1. The molecule has 3 aliphatic carbocycles. The predicted molar refractivity (Wildman–Crippen MR) is 275 cm³/mol. The van der Waals surface area contributed by atoms with E-state index in [9.17, 15) is 0 Å². The Bertz CT molecular complexity index is 3360. The molecule has 1 aliphatic heterocycles. The van der Waals surface area contributed by atoms with Crippen molar-refractivity contribution in [3.8, 4) is 33.4 Å². The molecule has 0 bridgehead atoms. The Morgan fingerprint density at radius 3 is 1.59 bits per heavy atom. The van der Waals surface area contributed by atoms with Crippen LogP contribution >= 0.6 is 0 Å². The summed E-state index contributed by atoms with van der Waals surface area (Å²) in [6.07, 6.45) is 9.11. The molecule has 66 heavy (non-hydrogen) atoms. The molecule has 0 saturated carbocycles. The van der Waals surface area contributed by atoms with Gasteiger partial charge in [0.25, 0.3) is 0 Å². The minimum Gasteiger partial charge on any atom is -0.333 e. The lowest BCUT2D eigenvalue weighted by atomic mass is 9.68. The van der Waals surface area contributed by atoms with Crippen LogP contribution in [0.2, 0.25) is 0 Å². The maximum atomic E-state index is 2.50. The lowest BCUT2D eigenvalue weighted by molar-refractivity contribution is 0.660. The first-order chi connectivity index (χ1) is 32.5. The monoisotopic (exact) mass is 844 g/mol. The van der Waals surface area contributed by atoms with Gasteiger partial charge in [0, 0.05) is 39.8 Å². The number of fused-ring (bicyclic) bond motifs is 9. The average molecular weight is 845 g/mol. The minimum atomic E-state index is -0.458. The summed E-state index contributed by atoms with van der Waals surface area (Å²) in [4.78, 5) is 4.97. The molecule has 2 heteroatoms. The lowest BCUT2D eigenvalue weighted by Crippen LogP contribution is -2.28. The quantitative estimate of drug-likeness (QED) is 0.158. The van der Waals surface area contributed by atoms with Gasteiger partial charge in [0.05, 0.1) is 11.5 Å². The molecular weight excluding hydrogens is 797 g/mol. The van der Waals surface area contributed by atoms with Crippen LogP contribution in [-0.2, 0) is 10.8 Å². The van der Waals surface area contributed by atoms with Crippen molar-refractivity contribution in [3.05, 3.63) is 282 Å². The highest BCUT2D eigenvalue weighted by molar-refractivity contribution is 5.92. The van der Waals surface area contributed by atoms with Gasteiger partial charge in [-0.3, -0.25) is 0 Å². The van der Waals surface area contributed by atoms with Crippen molar-refractivity contribution in [2.24, 2.45) is 0 Å². The average Bonchev–Trinajstić information content (AvgIpc) is 3.96. The summed E-state index contributed by atoms with van der Waals surface area (Å²) in [5.74, 6) is 0.294. The molecule has 314 valence electrons. The minimum absolute atomic E-state index is 0.0792. The van der Waals surface area contributed by atoms with E-state index in [0.717, 1.165) is 17.1 Å². The number of rotatable bonds is 7. The first kappa shape index (κ1) is 38.5. The van der Waals surface area contributed by atoms with Gasteiger partial charge in [-0.1, -0.05) is 196 Å². The van der Waals surface area contributed by atoms with E-state index in [1.165, 1.54) is 83.7 Å². The van der Waals surface area contributed by atoms with Gasteiger partial charge >= 0.3 is 0 Å². The standard InChI is InChI=1S/C64H48N2/c1-63(2)57-27-15-12-24-51(57)54-41-49(35-37-58(54)63)65(48-33-30-43(31-34-48)44-32-39-62-56(40-44)53-26-14-17-29-61(53)66(62)47-22-10-5-11-23-47)50-36-38-60-55(42-50)52-25-13-16-28-59(52)64(60,45-18-6-3-7-19-45)46-20-8-4-9-21-46/h3-42,53,61H,1-2H3. The van der Waals surface area contributed by atoms with Gasteiger partial charge in [-0.05, 0) is 133 Å². The molecule has 13 rings (SSSR count). The third kappa shape index (κ3) is 5.61. The lowest BCUT2D eigenvalue weighted by Gasteiger charge is -2.34. The normalized spacial score (nSPS) is 17.3. The highest BCUT2D eigenvalue weighted by Gasteiger charge is 2.46. The number of hydrogen-bond acceptors (Lipinski definition) is 2. The van der Waals surface area contributed by atoms with Crippen molar-refractivity contribution in [1.82, 2.24) is 0 Å². The zero-order valence-corrected chi connectivity index (χ0v) is 37.1. The van der Waals surface area contributed by atoms with E-state index in [2.05, 4.69) is 266 Å². The number of benzene rings is 9. The van der Waals surface area contributed by atoms with Crippen LogP contribution in [0.3, 0.4) is 0 Å². The van der Waals surface area contributed by atoms with Gasteiger partial charge in [-0.15, -0.1) is 0 Å². The van der Waals surface area contributed by atoms with Crippen LogP contribution in [-0.4, -0.2) is 6.04 Å². The zero-order valence-electron chi connectivity index (χ0n) is 37.1. The molecule has 9 aromatic carbocycles. The Labute approximate surface area is 388 Å². The Morgan fingerprint density at radius 2 is 0.909 bits per heavy atom. The van der Waals surface area contributed by atoms with E-state index in [4.69, 9.17) is 0 Å². The third-order valence-electron chi connectivity index (χ3n) is 15.1. The van der Waals surface area contributed by atoms with Crippen molar-refractivity contribution < 1.29 is 0 Å². The van der Waals surface area contributed by atoms with E-state index in [1.807, 2.05) is 0 Å². The Hall–Kier alpha value is -7.94. The van der Waals surface area contributed by atoms with Crippen LogP contribution in [0.4, 0.5) is 28.4 Å². The fourth-order valence-electron chi connectivity index (χ4n) is 12.1. The number of anilines is 5. The van der Waals surface area contributed by atoms with Gasteiger partial charge in [-0.2, -0.15) is 0 Å². The number of para-hydroxylation sites is 1. The van der Waals surface area contributed by atoms with Gasteiger partial charge in [0.1, 0.15) is 0 Å². The molecule has 0 aromatic heterocycles. The largest absolute Gasteiger partial charge is 0.333 e. The van der Waals surface area contributed by atoms with Crippen molar-refractivity contribution in [3.63, 3.8) is 0 Å². The van der Waals surface area contributed by atoms with Crippen molar-refractivity contribution in [2.75, 3.05) is 9.80 Å². The molecule has 2 unspecified atom stereocenters. The summed E-state index contributed by atoms with van der Waals surface area (Å²) < 4.78 is 0. The first-order valence-corrected chi connectivity index (χ1v) is 23.3. The Morgan fingerprint density at radius 1 is 0.409 bits per heavy atom. The molecule has 1 heterocycles.